The Balaban J connectivity index is 2.00. The van der Waals surface area contributed by atoms with E-state index in [1.54, 1.807) is 11.0 Å². The first-order valence-electron chi connectivity index (χ1n) is 7.01. The molecular formula is C15H21FN2O. The van der Waals surface area contributed by atoms with Gasteiger partial charge in [0.05, 0.1) is 0 Å². The molecule has 1 heterocycles. The minimum atomic E-state index is -0.707. The van der Waals surface area contributed by atoms with E-state index in [1.807, 2.05) is 0 Å². The Labute approximate surface area is 113 Å². The lowest BCUT2D eigenvalue weighted by Gasteiger charge is -2.17. The minimum Gasteiger partial charge on any atom is -0.316 e. The van der Waals surface area contributed by atoms with Crippen molar-refractivity contribution < 1.29 is 9.18 Å². The van der Waals surface area contributed by atoms with Gasteiger partial charge in [0.15, 0.2) is 0 Å². The molecule has 0 bridgehead atoms. The molecule has 0 saturated carbocycles. The summed E-state index contributed by atoms with van der Waals surface area (Å²) in [6, 6.07) is 3.70. The number of carbonyl (C=O) groups is 1. The van der Waals surface area contributed by atoms with Crippen LogP contribution in [0.25, 0.3) is 0 Å². The fourth-order valence-corrected chi connectivity index (χ4v) is 2.54. The van der Waals surface area contributed by atoms with Crippen LogP contribution in [0.2, 0.25) is 0 Å². The summed E-state index contributed by atoms with van der Waals surface area (Å²) in [6.45, 7) is 2.85. The molecular weight excluding hydrogens is 243 g/mol. The first-order chi connectivity index (χ1) is 9.15. The number of halogens is 1. The largest absolute Gasteiger partial charge is 0.316 e. The molecule has 4 heteroatoms. The minimum absolute atomic E-state index is 0.115. The average Bonchev–Trinajstić information content (AvgIpc) is 2.63. The van der Waals surface area contributed by atoms with E-state index >= 15 is 0 Å². The molecule has 1 atom stereocenters. The Bertz CT molecular complexity index is 461. The van der Waals surface area contributed by atoms with Crippen molar-refractivity contribution in [3.05, 3.63) is 29.6 Å². The lowest BCUT2D eigenvalue weighted by atomic mass is 10.1. The monoisotopic (exact) mass is 264 g/mol. The number of anilines is 1. The van der Waals surface area contributed by atoms with Crippen molar-refractivity contribution in [2.75, 3.05) is 11.4 Å². The molecule has 1 aliphatic heterocycles. The van der Waals surface area contributed by atoms with Crippen LogP contribution in [0.15, 0.2) is 18.2 Å². The van der Waals surface area contributed by atoms with E-state index < -0.39 is 6.04 Å². The van der Waals surface area contributed by atoms with Gasteiger partial charge in [-0.1, -0.05) is 32.6 Å². The normalized spacial score (nSPS) is 17.9. The molecule has 3 nitrogen and oxygen atoms in total. The van der Waals surface area contributed by atoms with Crippen LogP contribution in [0.5, 0.6) is 0 Å². The highest BCUT2D eigenvalue weighted by Crippen LogP contribution is 2.35. The summed E-state index contributed by atoms with van der Waals surface area (Å²) >= 11 is 0. The van der Waals surface area contributed by atoms with Crippen LogP contribution in [0.3, 0.4) is 0 Å². The predicted octanol–water partition coefficient (Wildman–Crippen LogP) is 3.14. The third-order valence-corrected chi connectivity index (χ3v) is 3.63. The van der Waals surface area contributed by atoms with Crippen molar-refractivity contribution in [1.29, 1.82) is 0 Å². The van der Waals surface area contributed by atoms with Gasteiger partial charge in [-0.15, -0.1) is 0 Å². The summed E-state index contributed by atoms with van der Waals surface area (Å²) in [5.41, 5.74) is 7.23. The molecule has 1 aromatic carbocycles. The Morgan fingerprint density at radius 2 is 2.00 bits per heavy atom. The highest BCUT2D eigenvalue weighted by atomic mass is 19.1. The van der Waals surface area contributed by atoms with Crippen molar-refractivity contribution in [3.63, 3.8) is 0 Å². The maximum Gasteiger partial charge on any atom is 0.248 e. The van der Waals surface area contributed by atoms with Gasteiger partial charge in [-0.2, -0.15) is 0 Å². The zero-order valence-electron chi connectivity index (χ0n) is 11.4. The van der Waals surface area contributed by atoms with Gasteiger partial charge in [-0.3, -0.25) is 4.79 Å². The maximum atomic E-state index is 13.2. The van der Waals surface area contributed by atoms with Crippen molar-refractivity contribution in [2.45, 2.75) is 45.1 Å². The van der Waals surface area contributed by atoms with Crippen LogP contribution in [-0.4, -0.2) is 12.5 Å². The molecule has 0 saturated heterocycles. The Morgan fingerprint density at radius 1 is 1.26 bits per heavy atom. The van der Waals surface area contributed by atoms with Crippen LogP contribution < -0.4 is 10.6 Å². The maximum absolute atomic E-state index is 13.2. The molecule has 2 rings (SSSR count). The van der Waals surface area contributed by atoms with Gasteiger partial charge in [0.1, 0.15) is 11.9 Å². The van der Waals surface area contributed by atoms with Crippen LogP contribution in [-0.2, 0) is 4.79 Å². The molecule has 0 aliphatic carbocycles. The van der Waals surface area contributed by atoms with Gasteiger partial charge in [-0.25, -0.2) is 4.39 Å². The molecule has 0 spiro atoms. The quantitative estimate of drug-likeness (QED) is 0.802. The van der Waals surface area contributed by atoms with E-state index in [0.717, 1.165) is 18.5 Å². The lowest BCUT2D eigenvalue weighted by Crippen LogP contribution is -2.32. The van der Waals surface area contributed by atoms with Gasteiger partial charge in [0.25, 0.3) is 0 Å². The number of nitrogens with zero attached hydrogens (tertiary/aromatic N) is 1. The smallest absolute Gasteiger partial charge is 0.248 e. The van der Waals surface area contributed by atoms with Gasteiger partial charge in [0, 0.05) is 17.8 Å². The van der Waals surface area contributed by atoms with E-state index in [0.29, 0.717) is 12.1 Å². The third kappa shape index (κ3) is 2.95. The molecule has 104 valence electrons. The topological polar surface area (TPSA) is 46.3 Å². The van der Waals surface area contributed by atoms with Gasteiger partial charge >= 0.3 is 0 Å². The SMILES string of the molecule is CCCCCCCN1C(=O)C(N)c2cc(F)ccc21. The first-order valence-corrected chi connectivity index (χ1v) is 7.01. The number of carbonyl (C=O) groups excluding carboxylic acids is 1. The Morgan fingerprint density at radius 3 is 2.74 bits per heavy atom. The number of hydrogen-bond donors (Lipinski definition) is 1. The molecule has 1 unspecified atom stereocenters. The highest BCUT2D eigenvalue weighted by Gasteiger charge is 2.34. The van der Waals surface area contributed by atoms with E-state index in [4.69, 9.17) is 5.73 Å². The first kappa shape index (κ1) is 14.0. The fourth-order valence-electron chi connectivity index (χ4n) is 2.54. The third-order valence-electron chi connectivity index (χ3n) is 3.63. The Hall–Kier alpha value is -1.42. The van der Waals surface area contributed by atoms with Gasteiger partial charge < -0.3 is 10.6 Å². The zero-order valence-corrected chi connectivity index (χ0v) is 11.4. The van der Waals surface area contributed by atoms with E-state index in [9.17, 15) is 9.18 Å². The van der Waals surface area contributed by atoms with Gasteiger partial charge in [0.2, 0.25) is 5.91 Å². The summed E-state index contributed by atoms with van der Waals surface area (Å²) in [6.07, 6.45) is 5.71. The number of hydrogen-bond acceptors (Lipinski definition) is 2. The molecule has 0 fully saturated rings. The van der Waals surface area contributed by atoms with Crippen molar-refractivity contribution in [3.8, 4) is 0 Å². The highest BCUT2D eigenvalue weighted by molar-refractivity contribution is 6.04. The number of rotatable bonds is 6. The second kappa shape index (κ2) is 6.15. The standard InChI is InChI=1S/C15H21FN2O/c1-2-3-4-5-6-9-18-13-8-7-11(16)10-12(13)14(17)15(18)19/h7-8,10,14H,2-6,9,17H2,1H3. The molecule has 2 N–H and O–H groups in total. The van der Waals surface area contributed by atoms with Crippen LogP contribution in [0.4, 0.5) is 10.1 Å². The van der Waals surface area contributed by atoms with Gasteiger partial charge in [-0.05, 0) is 24.6 Å². The number of unbranched alkanes of at least 4 members (excludes halogenated alkanes) is 4. The fraction of sp³-hybridized carbons (Fsp3) is 0.533. The van der Waals surface area contributed by atoms with E-state index in [1.165, 1.54) is 31.4 Å². The van der Waals surface area contributed by atoms with Crippen LogP contribution in [0, 0.1) is 5.82 Å². The molecule has 0 radical (unpaired) electrons. The average molecular weight is 264 g/mol. The second-order valence-electron chi connectivity index (χ2n) is 5.08. The summed E-state index contributed by atoms with van der Waals surface area (Å²) in [5.74, 6) is -0.456. The van der Waals surface area contributed by atoms with E-state index in [-0.39, 0.29) is 11.7 Å². The number of benzene rings is 1. The number of fused-ring (bicyclic) bond motifs is 1. The number of nitrogens with two attached hydrogens (primary N) is 1. The van der Waals surface area contributed by atoms with Crippen molar-refractivity contribution in [1.82, 2.24) is 0 Å². The van der Waals surface area contributed by atoms with Crippen LogP contribution in [0.1, 0.15) is 50.6 Å². The van der Waals surface area contributed by atoms with Crippen LogP contribution >= 0.6 is 0 Å². The molecule has 1 amide bonds. The zero-order chi connectivity index (χ0) is 13.8. The molecule has 1 aromatic rings. The van der Waals surface area contributed by atoms with Crippen molar-refractivity contribution in [2.24, 2.45) is 5.73 Å². The predicted molar refractivity (Wildman–Crippen MR) is 74.4 cm³/mol. The van der Waals surface area contributed by atoms with Crippen molar-refractivity contribution >= 4 is 11.6 Å². The molecule has 19 heavy (non-hydrogen) atoms. The summed E-state index contributed by atoms with van der Waals surface area (Å²) in [4.78, 5) is 13.8. The molecule has 1 aliphatic rings. The lowest BCUT2D eigenvalue weighted by molar-refractivity contribution is -0.119. The summed E-state index contributed by atoms with van der Waals surface area (Å²) < 4.78 is 13.2. The number of amides is 1. The summed E-state index contributed by atoms with van der Waals surface area (Å²) in [5, 5.41) is 0. The molecule has 0 aromatic heterocycles. The Kier molecular flexibility index (Phi) is 4.53. The summed E-state index contributed by atoms with van der Waals surface area (Å²) in [7, 11) is 0. The second-order valence-corrected chi connectivity index (χ2v) is 5.08. The van der Waals surface area contributed by atoms with E-state index in [2.05, 4.69) is 6.92 Å².